The van der Waals surface area contributed by atoms with Gasteiger partial charge < -0.3 is 15.4 Å². The molecular formula is C12H9N3O5. The molecule has 2 aromatic rings. The monoisotopic (exact) mass is 275 g/mol. The molecule has 0 aliphatic carbocycles. The van der Waals surface area contributed by atoms with Crippen LogP contribution in [-0.4, -0.2) is 20.9 Å². The third-order valence-corrected chi connectivity index (χ3v) is 2.47. The highest BCUT2D eigenvalue weighted by molar-refractivity contribution is 6.05. The van der Waals surface area contributed by atoms with E-state index in [-0.39, 0.29) is 22.6 Å². The normalized spacial score (nSPS) is 10.0. The Morgan fingerprint density at radius 2 is 2.05 bits per heavy atom. The van der Waals surface area contributed by atoms with Crippen molar-refractivity contribution in [3.05, 3.63) is 62.6 Å². The van der Waals surface area contributed by atoms with Crippen molar-refractivity contribution in [3.63, 3.8) is 0 Å². The van der Waals surface area contributed by atoms with Crippen LogP contribution in [0.15, 0.2) is 41.3 Å². The third kappa shape index (κ3) is 2.80. The van der Waals surface area contributed by atoms with Gasteiger partial charge in [-0.3, -0.25) is 19.7 Å². The molecule has 0 radical (unpaired) electrons. The van der Waals surface area contributed by atoms with Crippen molar-refractivity contribution in [2.45, 2.75) is 0 Å². The van der Waals surface area contributed by atoms with Crippen molar-refractivity contribution in [2.24, 2.45) is 0 Å². The van der Waals surface area contributed by atoms with Crippen LogP contribution in [0.1, 0.15) is 10.4 Å². The van der Waals surface area contributed by atoms with E-state index in [0.29, 0.717) is 0 Å². The average molecular weight is 275 g/mol. The van der Waals surface area contributed by atoms with Crippen molar-refractivity contribution in [3.8, 4) is 5.75 Å². The number of aromatic nitrogens is 1. The number of nitro benzene ring substituents is 1. The molecule has 0 atom stereocenters. The molecule has 8 heteroatoms. The number of H-pyrrole nitrogens is 1. The minimum Gasteiger partial charge on any atom is -0.508 e. The number of anilines is 1. The Morgan fingerprint density at radius 1 is 1.30 bits per heavy atom. The number of aromatic amines is 1. The molecule has 2 rings (SSSR count). The number of hydrogen-bond acceptors (Lipinski definition) is 5. The van der Waals surface area contributed by atoms with Gasteiger partial charge in [-0.1, -0.05) is 0 Å². The lowest BCUT2D eigenvalue weighted by Crippen LogP contribution is -2.15. The van der Waals surface area contributed by atoms with Gasteiger partial charge in [0.1, 0.15) is 11.4 Å². The number of rotatable bonds is 3. The lowest BCUT2D eigenvalue weighted by atomic mass is 10.2. The highest BCUT2D eigenvalue weighted by Gasteiger charge is 2.17. The van der Waals surface area contributed by atoms with E-state index in [0.717, 1.165) is 6.07 Å². The van der Waals surface area contributed by atoms with Gasteiger partial charge in [0, 0.05) is 12.3 Å². The number of hydrogen-bond donors (Lipinski definition) is 3. The quantitative estimate of drug-likeness (QED) is 0.441. The molecule has 0 saturated carbocycles. The van der Waals surface area contributed by atoms with Crippen LogP contribution in [0.2, 0.25) is 0 Å². The van der Waals surface area contributed by atoms with E-state index in [1.165, 1.54) is 30.5 Å². The molecule has 0 spiro atoms. The molecule has 0 aliphatic heterocycles. The van der Waals surface area contributed by atoms with Gasteiger partial charge in [0.15, 0.2) is 0 Å². The summed E-state index contributed by atoms with van der Waals surface area (Å²) in [6.07, 6.45) is 1.20. The second-order valence-corrected chi connectivity index (χ2v) is 3.85. The van der Waals surface area contributed by atoms with E-state index >= 15 is 0 Å². The summed E-state index contributed by atoms with van der Waals surface area (Å²) in [5.41, 5.74) is -0.698. The summed E-state index contributed by atoms with van der Waals surface area (Å²) in [6, 6.07) is 5.83. The molecule has 0 saturated heterocycles. The number of nitrogens with one attached hydrogen (secondary N) is 2. The first-order valence-electron chi connectivity index (χ1n) is 5.45. The van der Waals surface area contributed by atoms with Gasteiger partial charge in [0.25, 0.3) is 11.6 Å². The van der Waals surface area contributed by atoms with E-state index in [2.05, 4.69) is 10.3 Å². The first-order chi connectivity index (χ1) is 9.47. The summed E-state index contributed by atoms with van der Waals surface area (Å²) in [5, 5.41) is 22.4. The maximum absolute atomic E-state index is 11.9. The molecule has 1 amide bonds. The molecule has 8 nitrogen and oxygen atoms in total. The standard InChI is InChI=1S/C12H9N3O5/c16-8-2-3-9(10(5-8)15(19)20)14-12(18)7-1-4-11(17)13-6-7/h1-6,16H,(H,13,17)(H,14,18). The summed E-state index contributed by atoms with van der Waals surface area (Å²) in [7, 11) is 0. The molecule has 0 unspecified atom stereocenters. The SMILES string of the molecule is O=C(Nc1ccc(O)cc1[N+](=O)[O-])c1ccc(=O)[nH]c1. The fourth-order valence-electron chi connectivity index (χ4n) is 1.52. The molecule has 1 heterocycles. The minimum atomic E-state index is -0.720. The van der Waals surface area contributed by atoms with Crippen LogP contribution in [0.5, 0.6) is 5.75 Å². The Labute approximate surface area is 111 Å². The van der Waals surface area contributed by atoms with Crippen molar-refractivity contribution < 1.29 is 14.8 Å². The summed E-state index contributed by atoms with van der Waals surface area (Å²) in [6.45, 7) is 0. The largest absolute Gasteiger partial charge is 0.508 e. The molecule has 0 fully saturated rings. The Bertz CT molecular complexity index is 718. The predicted octanol–water partition coefficient (Wildman–Crippen LogP) is 1.24. The Morgan fingerprint density at radius 3 is 2.65 bits per heavy atom. The van der Waals surface area contributed by atoms with Gasteiger partial charge >= 0.3 is 0 Å². The van der Waals surface area contributed by atoms with Crippen LogP contribution >= 0.6 is 0 Å². The molecule has 0 bridgehead atoms. The lowest BCUT2D eigenvalue weighted by molar-refractivity contribution is -0.384. The average Bonchev–Trinajstić information content (AvgIpc) is 2.41. The number of nitro groups is 1. The summed E-state index contributed by atoms with van der Waals surface area (Å²) in [4.78, 5) is 35.2. The van der Waals surface area contributed by atoms with Crippen molar-refractivity contribution in [2.75, 3.05) is 5.32 Å². The number of aromatic hydroxyl groups is 1. The van der Waals surface area contributed by atoms with E-state index in [9.17, 15) is 24.8 Å². The summed E-state index contributed by atoms with van der Waals surface area (Å²) >= 11 is 0. The van der Waals surface area contributed by atoms with E-state index in [1.807, 2.05) is 0 Å². The number of benzene rings is 1. The highest BCUT2D eigenvalue weighted by atomic mass is 16.6. The topological polar surface area (TPSA) is 125 Å². The molecule has 0 aliphatic rings. The number of pyridine rings is 1. The summed E-state index contributed by atoms with van der Waals surface area (Å²) < 4.78 is 0. The van der Waals surface area contributed by atoms with Crippen LogP contribution in [0.4, 0.5) is 11.4 Å². The highest BCUT2D eigenvalue weighted by Crippen LogP contribution is 2.28. The fraction of sp³-hybridized carbons (Fsp3) is 0. The van der Waals surface area contributed by atoms with E-state index in [4.69, 9.17) is 0 Å². The van der Waals surface area contributed by atoms with Crippen LogP contribution in [0.25, 0.3) is 0 Å². The molecule has 20 heavy (non-hydrogen) atoms. The maximum atomic E-state index is 11.9. The first kappa shape index (κ1) is 13.3. The number of phenols is 1. The van der Waals surface area contributed by atoms with Gasteiger partial charge in [0.2, 0.25) is 5.56 Å². The third-order valence-electron chi connectivity index (χ3n) is 2.47. The smallest absolute Gasteiger partial charge is 0.296 e. The van der Waals surface area contributed by atoms with Gasteiger partial charge in [-0.05, 0) is 18.2 Å². The Kier molecular flexibility index (Phi) is 3.47. The zero-order valence-electron chi connectivity index (χ0n) is 9.99. The lowest BCUT2D eigenvalue weighted by Gasteiger charge is -2.06. The van der Waals surface area contributed by atoms with E-state index < -0.39 is 16.5 Å². The molecule has 102 valence electrons. The second kappa shape index (κ2) is 5.22. The Balaban J connectivity index is 2.30. The van der Waals surface area contributed by atoms with Crippen LogP contribution in [0, 0.1) is 10.1 Å². The summed E-state index contributed by atoms with van der Waals surface area (Å²) in [5.74, 6) is -0.895. The van der Waals surface area contributed by atoms with Crippen LogP contribution in [0.3, 0.4) is 0 Å². The fourth-order valence-corrected chi connectivity index (χ4v) is 1.52. The molecule has 1 aromatic carbocycles. The maximum Gasteiger partial charge on any atom is 0.296 e. The second-order valence-electron chi connectivity index (χ2n) is 3.85. The van der Waals surface area contributed by atoms with Gasteiger partial charge in [-0.25, -0.2) is 0 Å². The van der Waals surface area contributed by atoms with Gasteiger partial charge in [-0.2, -0.15) is 0 Å². The molecule has 3 N–H and O–H groups in total. The van der Waals surface area contributed by atoms with Gasteiger partial charge in [-0.15, -0.1) is 0 Å². The van der Waals surface area contributed by atoms with Crippen LogP contribution < -0.4 is 10.9 Å². The number of carbonyl (C=O) groups is 1. The van der Waals surface area contributed by atoms with Crippen molar-refractivity contribution in [1.29, 1.82) is 0 Å². The Hall–Kier alpha value is -3.16. The number of amides is 1. The van der Waals surface area contributed by atoms with Gasteiger partial charge in [0.05, 0.1) is 16.6 Å². The van der Waals surface area contributed by atoms with Crippen molar-refractivity contribution in [1.82, 2.24) is 4.98 Å². The predicted molar refractivity (Wildman–Crippen MR) is 69.8 cm³/mol. The van der Waals surface area contributed by atoms with Crippen molar-refractivity contribution >= 4 is 17.3 Å². The van der Waals surface area contributed by atoms with E-state index in [1.54, 1.807) is 0 Å². The molecular weight excluding hydrogens is 266 g/mol. The molecule has 1 aromatic heterocycles. The minimum absolute atomic E-state index is 0.0519. The number of phenolic OH excluding ortho intramolecular Hbond substituents is 1. The number of nitrogens with zero attached hydrogens (tertiary/aromatic N) is 1. The zero-order chi connectivity index (χ0) is 14.7. The zero-order valence-corrected chi connectivity index (χ0v) is 9.99. The number of carbonyl (C=O) groups excluding carboxylic acids is 1. The van der Waals surface area contributed by atoms with Crippen LogP contribution in [-0.2, 0) is 0 Å². The first-order valence-corrected chi connectivity index (χ1v) is 5.45.